The molecule has 1 aliphatic heterocycles. The van der Waals surface area contributed by atoms with Crippen LogP contribution in [-0.2, 0) is 26.4 Å². The Balaban J connectivity index is 1.74. The van der Waals surface area contributed by atoms with E-state index in [9.17, 15) is 0 Å². The molecule has 3 N–H and O–H groups in total. The van der Waals surface area contributed by atoms with Crippen LogP contribution in [0.25, 0.3) is 0 Å². The topological polar surface area (TPSA) is 77.5 Å². The lowest BCUT2D eigenvalue weighted by Crippen LogP contribution is -2.37. The largest absolute Gasteiger partial charge is 0.493 e. The highest BCUT2D eigenvalue weighted by molar-refractivity contribution is 5.78. The highest BCUT2D eigenvalue weighted by atomic mass is 16.5. The van der Waals surface area contributed by atoms with E-state index in [1.54, 1.807) is 0 Å². The second-order valence-corrected chi connectivity index (χ2v) is 6.28. The summed E-state index contributed by atoms with van der Waals surface area (Å²) in [5, 5.41) is 7.94. The smallest absolute Gasteiger partial charge is 0.189 e. The number of aryl methyl sites for hydroxylation is 2. The first-order chi connectivity index (χ1) is 12.1. The van der Waals surface area contributed by atoms with Gasteiger partial charge in [-0.2, -0.15) is 5.10 Å². The van der Waals surface area contributed by atoms with Crippen LogP contribution in [0, 0.1) is 0 Å². The third-order valence-corrected chi connectivity index (χ3v) is 4.72. The van der Waals surface area contributed by atoms with Crippen LogP contribution in [0.15, 0.2) is 29.3 Å². The van der Waals surface area contributed by atoms with Crippen molar-refractivity contribution < 1.29 is 4.74 Å². The van der Waals surface area contributed by atoms with Crippen LogP contribution in [0.4, 0.5) is 0 Å². The number of nitrogens with two attached hydrogens (primary N) is 1. The van der Waals surface area contributed by atoms with E-state index in [0.29, 0.717) is 19.1 Å². The minimum atomic E-state index is 0.138. The lowest BCUT2D eigenvalue weighted by molar-refractivity contribution is 0.262. The Kier molecular flexibility index (Phi) is 5.26. The molecule has 1 aliphatic rings. The quantitative estimate of drug-likeness (QED) is 0.647. The van der Waals surface area contributed by atoms with E-state index in [-0.39, 0.29) is 6.04 Å². The summed E-state index contributed by atoms with van der Waals surface area (Å²) in [7, 11) is 1.99. The Morgan fingerprint density at radius 1 is 1.36 bits per heavy atom. The Labute approximate surface area is 149 Å². The number of fused-ring (bicyclic) bond motifs is 1. The van der Waals surface area contributed by atoms with Gasteiger partial charge in [0.1, 0.15) is 5.75 Å². The number of hydrogen-bond donors (Lipinski definition) is 2. The average Bonchev–Trinajstić information content (AvgIpc) is 2.95. The molecule has 25 heavy (non-hydrogen) atoms. The van der Waals surface area contributed by atoms with Crippen molar-refractivity contribution in [1.82, 2.24) is 15.1 Å². The van der Waals surface area contributed by atoms with E-state index >= 15 is 0 Å². The first-order valence-corrected chi connectivity index (χ1v) is 8.95. The molecule has 0 saturated heterocycles. The first kappa shape index (κ1) is 17.3. The SMILES string of the molecule is CCc1nn(C)c(CC)c1CN=C(N)NC1CCOc2ccccc21. The van der Waals surface area contributed by atoms with E-state index in [2.05, 4.69) is 35.3 Å². The van der Waals surface area contributed by atoms with Gasteiger partial charge in [-0.3, -0.25) is 4.68 Å². The fourth-order valence-electron chi connectivity index (χ4n) is 3.45. The number of ether oxygens (including phenoxy) is 1. The molecule has 1 unspecified atom stereocenters. The Morgan fingerprint density at radius 3 is 2.92 bits per heavy atom. The monoisotopic (exact) mass is 341 g/mol. The summed E-state index contributed by atoms with van der Waals surface area (Å²) in [5.74, 6) is 1.39. The predicted molar refractivity (Wildman–Crippen MR) is 99.7 cm³/mol. The van der Waals surface area contributed by atoms with Gasteiger partial charge in [0.15, 0.2) is 5.96 Å². The van der Waals surface area contributed by atoms with Crippen molar-refractivity contribution in [3.8, 4) is 5.75 Å². The van der Waals surface area contributed by atoms with Crippen LogP contribution in [0.2, 0.25) is 0 Å². The highest BCUT2D eigenvalue weighted by Crippen LogP contribution is 2.31. The summed E-state index contributed by atoms with van der Waals surface area (Å²) in [6.07, 6.45) is 2.72. The molecule has 2 aromatic rings. The van der Waals surface area contributed by atoms with Gasteiger partial charge in [-0.15, -0.1) is 0 Å². The zero-order valence-corrected chi connectivity index (χ0v) is 15.2. The molecule has 0 saturated carbocycles. The van der Waals surface area contributed by atoms with Gasteiger partial charge in [0.25, 0.3) is 0 Å². The molecular weight excluding hydrogens is 314 g/mol. The molecular formula is C19H27N5O. The summed E-state index contributed by atoms with van der Waals surface area (Å²) >= 11 is 0. The minimum absolute atomic E-state index is 0.138. The molecule has 0 radical (unpaired) electrons. The molecule has 0 aliphatic carbocycles. The number of aliphatic imine (C=N–C) groups is 1. The number of nitrogens with zero attached hydrogens (tertiary/aromatic N) is 3. The standard InChI is InChI=1S/C19H27N5O/c1-4-15-14(17(5-2)24(3)23-15)12-21-19(20)22-16-10-11-25-18-9-7-6-8-13(16)18/h6-9,16H,4-5,10-12H2,1-3H3,(H3,20,21,22). The highest BCUT2D eigenvalue weighted by Gasteiger charge is 2.21. The van der Waals surface area contributed by atoms with Gasteiger partial charge in [-0.1, -0.05) is 32.0 Å². The summed E-state index contributed by atoms with van der Waals surface area (Å²) in [6, 6.07) is 8.21. The van der Waals surface area contributed by atoms with Gasteiger partial charge in [-0.25, -0.2) is 4.99 Å². The van der Waals surface area contributed by atoms with E-state index in [4.69, 9.17) is 10.5 Å². The van der Waals surface area contributed by atoms with Crippen molar-refractivity contribution in [1.29, 1.82) is 0 Å². The third kappa shape index (κ3) is 3.62. The van der Waals surface area contributed by atoms with Crippen LogP contribution in [0.5, 0.6) is 5.75 Å². The zero-order valence-electron chi connectivity index (χ0n) is 15.2. The van der Waals surface area contributed by atoms with Crippen molar-refractivity contribution in [2.45, 2.75) is 45.7 Å². The maximum atomic E-state index is 6.17. The fraction of sp³-hybridized carbons (Fsp3) is 0.474. The zero-order chi connectivity index (χ0) is 17.8. The molecule has 3 rings (SSSR count). The normalized spacial score (nSPS) is 17.1. The number of hydrogen-bond acceptors (Lipinski definition) is 3. The van der Waals surface area contributed by atoms with Gasteiger partial charge < -0.3 is 15.8 Å². The van der Waals surface area contributed by atoms with Crippen LogP contribution in [0.3, 0.4) is 0 Å². The predicted octanol–water partition coefficient (Wildman–Crippen LogP) is 2.47. The minimum Gasteiger partial charge on any atom is -0.493 e. The number of guanidine groups is 1. The Bertz CT molecular complexity index is 765. The lowest BCUT2D eigenvalue weighted by Gasteiger charge is -2.26. The second kappa shape index (κ2) is 7.59. The van der Waals surface area contributed by atoms with Crippen molar-refractivity contribution in [2.75, 3.05) is 6.61 Å². The molecule has 0 bridgehead atoms. The number of benzene rings is 1. The molecule has 1 aromatic carbocycles. The average molecular weight is 341 g/mol. The Morgan fingerprint density at radius 2 is 2.16 bits per heavy atom. The number of rotatable bonds is 5. The number of aromatic nitrogens is 2. The van der Waals surface area contributed by atoms with Gasteiger partial charge >= 0.3 is 0 Å². The first-order valence-electron chi connectivity index (χ1n) is 8.95. The van der Waals surface area contributed by atoms with Crippen molar-refractivity contribution in [3.63, 3.8) is 0 Å². The van der Waals surface area contributed by atoms with Crippen molar-refractivity contribution in [2.24, 2.45) is 17.8 Å². The summed E-state index contributed by atoms with van der Waals surface area (Å²) in [6.45, 7) is 5.51. The van der Waals surface area contributed by atoms with Crippen LogP contribution < -0.4 is 15.8 Å². The van der Waals surface area contributed by atoms with Gasteiger partial charge in [0.2, 0.25) is 0 Å². The van der Waals surface area contributed by atoms with Crippen LogP contribution in [-0.4, -0.2) is 22.3 Å². The molecule has 6 heteroatoms. The van der Waals surface area contributed by atoms with Crippen molar-refractivity contribution in [3.05, 3.63) is 46.8 Å². The maximum absolute atomic E-state index is 6.17. The summed E-state index contributed by atoms with van der Waals surface area (Å²) < 4.78 is 7.66. The molecule has 0 fully saturated rings. The third-order valence-electron chi connectivity index (χ3n) is 4.72. The van der Waals surface area contributed by atoms with Crippen molar-refractivity contribution >= 4 is 5.96 Å². The summed E-state index contributed by atoms with van der Waals surface area (Å²) in [4.78, 5) is 4.58. The molecule has 1 atom stereocenters. The summed E-state index contributed by atoms with van der Waals surface area (Å²) in [5.41, 5.74) is 10.8. The second-order valence-electron chi connectivity index (χ2n) is 6.28. The van der Waals surface area contributed by atoms with Gasteiger partial charge in [0.05, 0.1) is 24.9 Å². The van der Waals surface area contributed by atoms with Crippen LogP contribution in [0.1, 0.15) is 48.8 Å². The van der Waals surface area contributed by atoms with E-state index in [0.717, 1.165) is 36.3 Å². The van der Waals surface area contributed by atoms with E-state index < -0.39 is 0 Å². The lowest BCUT2D eigenvalue weighted by atomic mass is 10.0. The number of para-hydroxylation sites is 1. The van der Waals surface area contributed by atoms with E-state index in [1.165, 1.54) is 11.3 Å². The van der Waals surface area contributed by atoms with E-state index in [1.807, 2.05) is 29.9 Å². The van der Waals surface area contributed by atoms with Gasteiger partial charge in [0, 0.05) is 30.3 Å². The molecule has 2 heterocycles. The maximum Gasteiger partial charge on any atom is 0.189 e. The molecule has 1 aromatic heterocycles. The molecule has 6 nitrogen and oxygen atoms in total. The van der Waals surface area contributed by atoms with Gasteiger partial charge in [-0.05, 0) is 18.9 Å². The Hall–Kier alpha value is -2.50. The molecule has 134 valence electrons. The molecule has 0 amide bonds. The molecule has 0 spiro atoms. The number of nitrogens with one attached hydrogen (secondary N) is 1. The fourth-order valence-corrected chi connectivity index (χ4v) is 3.45. The van der Waals surface area contributed by atoms with Crippen LogP contribution >= 0.6 is 0 Å².